The molecule has 0 aliphatic heterocycles. The van der Waals surface area contributed by atoms with Crippen LogP contribution in [0, 0.1) is 0 Å². The maximum atomic E-state index is 11.1. The molecule has 0 saturated carbocycles. The van der Waals surface area contributed by atoms with Gasteiger partial charge in [0.05, 0.1) is 0 Å². The third-order valence-electron chi connectivity index (χ3n) is 3.75. The third-order valence-corrected chi connectivity index (χ3v) is 4.88. The molecular formula is C19H18N2O2S. The first kappa shape index (κ1) is 16.2. The quantitative estimate of drug-likeness (QED) is 0.670. The Morgan fingerprint density at radius 1 is 1.12 bits per heavy atom. The zero-order chi connectivity index (χ0) is 17.1. The number of anilines is 1. The van der Waals surface area contributed by atoms with Gasteiger partial charge in [0.2, 0.25) is 5.52 Å². The number of benzene rings is 2. The number of carbonyl (C=O) groups is 1. The molecule has 3 rings (SSSR count). The first-order valence-corrected chi connectivity index (χ1v) is 8.43. The molecule has 0 unspecified atom stereocenters. The lowest BCUT2D eigenvalue weighted by Gasteiger charge is -2.11. The van der Waals surface area contributed by atoms with E-state index < -0.39 is 5.97 Å². The summed E-state index contributed by atoms with van der Waals surface area (Å²) in [5.41, 5.74) is 3.12. The number of rotatable bonds is 5. The summed E-state index contributed by atoms with van der Waals surface area (Å²) in [7, 11) is 4.01. The number of nitrogens with zero attached hydrogens (tertiary/aromatic N) is 2. The molecule has 0 radical (unpaired) electrons. The largest absolute Gasteiger partial charge is 0.544 e. The van der Waals surface area contributed by atoms with Crippen molar-refractivity contribution < 1.29 is 14.5 Å². The number of aliphatic carboxylic acids is 1. The Hall–Kier alpha value is -2.66. The van der Waals surface area contributed by atoms with Crippen molar-refractivity contribution in [2.24, 2.45) is 0 Å². The average Bonchev–Trinajstić information content (AvgIpc) is 2.90. The van der Waals surface area contributed by atoms with E-state index in [0.29, 0.717) is 0 Å². The van der Waals surface area contributed by atoms with Crippen LogP contribution < -0.4 is 14.6 Å². The number of aromatic nitrogens is 1. The molecule has 0 bridgehead atoms. The standard InChI is InChI=1S/C19H18N2O2S/c1-20(2)15-10-7-14(8-11-15)9-12-18-21(13-19(22)23)16-5-3-4-6-17(16)24-18/h3-12H,13H2,1-2H3. The molecule has 3 aromatic rings. The maximum absolute atomic E-state index is 11.1. The fraction of sp³-hybridized carbons (Fsp3) is 0.158. The van der Waals surface area contributed by atoms with Crippen LogP contribution in [0.15, 0.2) is 48.5 Å². The molecule has 0 atom stereocenters. The van der Waals surface area contributed by atoms with Crippen molar-refractivity contribution in [3.63, 3.8) is 0 Å². The summed E-state index contributed by atoms with van der Waals surface area (Å²) in [6, 6.07) is 16.0. The third kappa shape index (κ3) is 3.46. The van der Waals surface area contributed by atoms with Crippen LogP contribution in [0.25, 0.3) is 22.4 Å². The van der Waals surface area contributed by atoms with Crippen LogP contribution in [0.2, 0.25) is 0 Å². The minimum absolute atomic E-state index is 0.150. The highest BCUT2D eigenvalue weighted by Crippen LogP contribution is 2.22. The second-order valence-corrected chi connectivity index (χ2v) is 6.75. The number of carboxylic acid groups (broad SMARTS) is 1. The average molecular weight is 338 g/mol. The summed E-state index contributed by atoms with van der Waals surface area (Å²) in [5.74, 6) is -1.09. The Morgan fingerprint density at radius 2 is 1.83 bits per heavy atom. The van der Waals surface area contributed by atoms with Crippen molar-refractivity contribution in [3.05, 3.63) is 59.1 Å². The van der Waals surface area contributed by atoms with Crippen LogP contribution in [0.4, 0.5) is 5.69 Å². The highest BCUT2D eigenvalue weighted by molar-refractivity contribution is 7.18. The molecule has 1 heterocycles. The van der Waals surface area contributed by atoms with Crippen molar-refractivity contribution in [1.82, 2.24) is 0 Å². The van der Waals surface area contributed by atoms with Gasteiger partial charge in [-0.25, -0.2) is 0 Å². The number of hydrogen-bond donors (Lipinski definition) is 0. The normalized spacial score (nSPS) is 11.2. The fourth-order valence-electron chi connectivity index (χ4n) is 2.52. The zero-order valence-corrected chi connectivity index (χ0v) is 14.4. The smallest absolute Gasteiger partial charge is 0.263 e. The van der Waals surface area contributed by atoms with E-state index in [9.17, 15) is 9.90 Å². The first-order chi connectivity index (χ1) is 11.5. The molecular weight excluding hydrogens is 320 g/mol. The van der Waals surface area contributed by atoms with E-state index in [-0.39, 0.29) is 6.54 Å². The van der Waals surface area contributed by atoms with E-state index in [2.05, 4.69) is 12.1 Å². The zero-order valence-electron chi connectivity index (χ0n) is 13.6. The Balaban J connectivity index is 1.95. The molecule has 0 amide bonds. The molecule has 4 nitrogen and oxygen atoms in total. The predicted molar refractivity (Wildman–Crippen MR) is 96.7 cm³/mol. The lowest BCUT2D eigenvalue weighted by atomic mass is 10.2. The molecule has 5 heteroatoms. The number of carboxylic acids is 1. The summed E-state index contributed by atoms with van der Waals surface area (Å²) in [4.78, 5) is 13.1. The molecule has 2 aromatic carbocycles. The highest BCUT2D eigenvalue weighted by atomic mass is 32.1. The Morgan fingerprint density at radius 3 is 2.50 bits per heavy atom. The summed E-state index contributed by atoms with van der Waals surface area (Å²) in [6.45, 7) is -0.150. The van der Waals surface area contributed by atoms with Gasteiger partial charge in [0.15, 0.2) is 6.54 Å². The molecule has 0 aliphatic rings. The number of para-hydroxylation sites is 1. The molecule has 0 spiro atoms. The number of fused-ring (bicyclic) bond motifs is 1. The van der Waals surface area contributed by atoms with Crippen LogP contribution in [0.3, 0.4) is 0 Å². The summed E-state index contributed by atoms with van der Waals surface area (Å²) in [5, 5.41) is 12.0. The first-order valence-electron chi connectivity index (χ1n) is 7.61. The van der Waals surface area contributed by atoms with Gasteiger partial charge in [-0.1, -0.05) is 35.6 Å². The minimum atomic E-state index is -1.09. The Bertz CT molecular complexity index is 895. The van der Waals surface area contributed by atoms with Gasteiger partial charge >= 0.3 is 0 Å². The second kappa shape index (κ2) is 6.84. The molecule has 24 heavy (non-hydrogen) atoms. The van der Waals surface area contributed by atoms with Gasteiger partial charge in [0, 0.05) is 31.9 Å². The van der Waals surface area contributed by atoms with E-state index in [0.717, 1.165) is 26.5 Å². The van der Waals surface area contributed by atoms with Crippen LogP contribution in [-0.4, -0.2) is 20.1 Å². The van der Waals surface area contributed by atoms with Gasteiger partial charge in [-0.05, 0) is 29.8 Å². The van der Waals surface area contributed by atoms with Crippen molar-refractivity contribution in [3.8, 4) is 0 Å². The van der Waals surface area contributed by atoms with E-state index in [1.807, 2.05) is 67.5 Å². The van der Waals surface area contributed by atoms with E-state index in [4.69, 9.17) is 0 Å². The van der Waals surface area contributed by atoms with Crippen LogP contribution in [-0.2, 0) is 11.3 Å². The summed E-state index contributed by atoms with van der Waals surface area (Å²) >= 11 is 1.57. The van der Waals surface area contributed by atoms with Gasteiger partial charge in [-0.3, -0.25) is 0 Å². The van der Waals surface area contributed by atoms with Gasteiger partial charge in [-0.15, -0.1) is 0 Å². The van der Waals surface area contributed by atoms with Gasteiger partial charge in [0.25, 0.3) is 5.01 Å². The lowest BCUT2D eigenvalue weighted by molar-refractivity contribution is -0.663. The SMILES string of the molecule is CN(C)c1ccc(/C=C/c2sc3ccccc3[n+]2CC(=O)[O-])cc1. The van der Waals surface area contributed by atoms with Crippen molar-refractivity contribution in [2.45, 2.75) is 6.54 Å². The van der Waals surface area contributed by atoms with Crippen molar-refractivity contribution >= 4 is 45.4 Å². The molecule has 0 N–H and O–H groups in total. The minimum Gasteiger partial charge on any atom is -0.544 e. The number of hydrogen-bond acceptors (Lipinski definition) is 4. The van der Waals surface area contributed by atoms with E-state index in [1.165, 1.54) is 0 Å². The Labute approximate surface area is 144 Å². The number of thiazole rings is 1. The van der Waals surface area contributed by atoms with Gasteiger partial charge < -0.3 is 14.8 Å². The molecule has 122 valence electrons. The van der Waals surface area contributed by atoms with E-state index >= 15 is 0 Å². The molecule has 0 aliphatic carbocycles. The fourth-order valence-corrected chi connectivity index (χ4v) is 3.58. The summed E-state index contributed by atoms with van der Waals surface area (Å²) < 4.78 is 2.83. The molecule has 1 aromatic heterocycles. The van der Waals surface area contributed by atoms with Crippen LogP contribution in [0.1, 0.15) is 10.6 Å². The van der Waals surface area contributed by atoms with Crippen molar-refractivity contribution in [2.75, 3.05) is 19.0 Å². The molecule has 0 fully saturated rings. The van der Waals surface area contributed by atoms with Crippen LogP contribution >= 0.6 is 11.3 Å². The van der Waals surface area contributed by atoms with E-state index in [1.54, 1.807) is 15.9 Å². The summed E-state index contributed by atoms with van der Waals surface area (Å²) in [6.07, 6.45) is 3.95. The lowest BCUT2D eigenvalue weighted by Crippen LogP contribution is -2.44. The predicted octanol–water partition coefficient (Wildman–Crippen LogP) is 2.18. The number of carbonyl (C=O) groups excluding carboxylic acids is 1. The topological polar surface area (TPSA) is 47.2 Å². The van der Waals surface area contributed by atoms with Crippen molar-refractivity contribution in [1.29, 1.82) is 0 Å². The Kier molecular flexibility index (Phi) is 4.62. The van der Waals surface area contributed by atoms with Crippen LogP contribution in [0.5, 0.6) is 0 Å². The molecule has 0 saturated heterocycles. The maximum Gasteiger partial charge on any atom is 0.263 e. The van der Waals surface area contributed by atoms with Gasteiger partial charge in [0.1, 0.15) is 10.7 Å². The second-order valence-electron chi connectivity index (χ2n) is 5.69. The highest BCUT2D eigenvalue weighted by Gasteiger charge is 2.18. The monoisotopic (exact) mass is 338 g/mol. The van der Waals surface area contributed by atoms with Gasteiger partial charge in [-0.2, -0.15) is 4.57 Å².